The summed E-state index contributed by atoms with van der Waals surface area (Å²) in [6.45, 7) is 7.33. The van der Waals surface area contributed by atoms with Crippen LogP contribution >= 0.6 is 0 Å². The Morgan fingerprint density at radius 2 is 2.00 bits per heavy atom. The summed E-state index contributed by atoms with van der Waals surface area (Å²) in [5, 5.41) is 2.14. The quantitative estimate of drug-likeness (QED) is 0.697. The van der Waals surface area contributed by atoms with Gasteiger partial charge in [-0.15, -0.1) is 0 Å². The molecular weight excluding hydrogens is 222 g/mol. The number of carbonyl (C=O) groups excluding carboxylic acids is 2. The van der Waals surface area contributed by atoms with Gasteiger partial charge in [-0.05, 0) is 25.9 Å². The smallest absolute Gasteiger partial charge is 0.413 e. The number of nitrogens with zero attached hydrogens (tertiary/aromatic N) is 1. The Morgan fingerprint density at radius 3 is 2.47 bits per heavy atom. The molecule has 0 aliphatic carbocycles. The number of ether oxygens (including phenoxy) is 1. The van der Waals surface area contributed by atoms with Gasteiger partial charge in [-0.3, -0.25) is 15.0 Å². The minimum absolute atomic E-state index is 0.0566. The van der Waals surface area contributed by atoms with Crippen molar-refractivity contribution in [2.75, 3.05) is 33.3 Å². The van der Waals surface area contributed by atoms with Gasteiger partial charge in [0.05, 0.1) is 13.2 Å². The molecule has 0 heterocycles. The van der Waals surface area contributed by atoms with Crippen LogP contribution in [0.4, 0.5) is 4.79 Å². The van der Waals surface area contributed by atoms with Crippen LogP contribution < -0.4 is 11.1 Å². The molecule has 0 aliphatic heterocycles. The summed E-state index contributed by atoms with van der Waals surface area (Å²) in [7, 11) is 1.81. The summed E-state index contributed by atoms with van der Waals surface area (Å²) < 4.78 is 4.61. The molecule has 2 amide bonds. The second kappa shape index (κ2) is 7.24. The number of nitrogens with one attached hydrogen (secondary N) is 1. The fourth-order valence-electron chi connectivity index (χ4n) is 1.42. The van der Waals surface area contributed by atoms with Gasteiger partial charge in [-0.2, -0.15) is 0 Å². The van der Waals surface area contributed by atoms with Crippen LogP contribution in [0.25, 0.3) is 0 Å². The van der Waals surface area contributed by atoms with Crippen LogP contribution in [0, 0.1) is 5.41 Å². The lowest BCUT2D eigenvalue weighted by atomic mass is 9.93. The maximum atomic E-state index is 11.4. The van der Waals surface area contributed by atoms with Crippen LogP contribution in [0.3, 0.4) is 0 Å². The first-order valence-corrected chi connectivity index (χ1v) is 5.66. The van der Waals surface area contributed by atoms with Gasteiger partial charge in [-0.25, -0.2) is 4.79 Å². The van der Waals surface area contributed by atoms with Crippen LogP contribution in [-0.4, -0.2) is 50.2 Å². The zero-order valence-corrected chi connectivity index (χ0v) is 11.1. The van der Waals surface area contributed by atoms with Crippen molar-refractivity contribution in [3.8, 4) is 0 Å². The third-order valence-electron chi connectivity index (χ3n) is 2.18. The van der Waals surface area contributed by atoms with Crippen molar-refractivity contribution in [3.05, 3.63) is 0 Å². The Bertz CT molecular complexity index is 267. The normalized spacial score (nSPS) is 11.4. The SMILES string of the molecule is CCOC(=O)NC(=O)CN(C)CC(C)(C)CN. The molecule has 0 fully saturated rings. The fraction of sp³-hybridized carbons (Fsp3) is 0.818. The zero-order valence-electron chi connectivity index (χ0n) is 11.1. The standard InChI is InChI=1S/C11H23N3O3/c1-5-17-10(16)13-9(15)6-14(4)8-11(2,3)7-12/h5-8,12H2,1-4H3,(H,13,15,16). The van der Waals surface area contributed by atoms with Gasteiger partial charge >= 0.3 is 6.09 Å². The van der Waals surface area contributed by atoms with E-state index >= 15 is 0 Å². The highest BCUT2D eigenvalue weighted by Gasteiger charge is 2.20. The van der Waals surface area contributed by atoms with Gasteiger partial charge in [0.25, 0.3) is 0 Å². The van der Waals surface area contributed by atoms with E-state index in [-0.39, 0.29) is 24.5 Å². The number of carbonyl (C=O) groups is 2. The van der Waals surface area contributed by atoms with Gasteiger partial charge in [0.1, 0.15) is 0 Å². The fourth-order valence-corrected chi connectivity index (χ4v) is 1.42. The zero-order chi connectivity index (χ0) is 13.5. The van der Waals surface area contributed by atoms with Gasteiger partial charge in [0.15, 0.2) is 0 Å². The molecule has 0 radical (unpaired) electrons. The monoisotopic (exact) mass is 245 g/mol. The minimum atomic E-state index is -0.705. The molecule has 0 spiro atoms. The lowest BCUT2D eigenvalue weighted by Crippen LogP contribution is -2.43. The van der Waals surface area contributed by atoms with Gasteiger partial charge < -0.3 is 10.5 Å². The van der Waals surface area contributed by atoms with Gasteiger partial charge in [0.2, 0.25) is 5.91 Å². The highest BCUT2D eigenvalue weighted by Crippen LogP contribution is 2.13. The molecule has 100 valence electrons. The molecule has 0 aromatic heterocycles. The summed E-state index contributed by atoms with van der Waals surface area (Å²) in [5.74, 6) is -0.376. The minimum Gasteiger partial charge on any atom is -0.450 e. The Labute approximate surface area is 102 Å². The largest absolute Gasteiger partial charge is 0.450 e. The van der Waals surface area contributed by atoms with Crippen LogP contribution in [0.2, 0.25) is 0 Å². The molecule has 0 unspecified atom stereocenters. The Morgan fingerprint density at radius 1 is 1.41 bits per heavy atom. The molecule has 0 atom stereocenters. The number of alkyl carbamates (subject to hydrolysis) is 1. The third-order valence-corrected chi connectivity index (χ3v) is 2.18. The first kappa shape index (κ1) is 15.9. The van der Waals surface area contributed by atoms with E-state index < -0.39 is 6.09 Å². The van der Waals surface area contributed by atoms with Crippen molar-refractivity contribution in [1.29, 1.82) is 0 Å². The maximum Gasteiger partial charge on any atom is 0.413 e. The van der Waals surface area contributed by atoms with Crippen LogP contribution in [0.15, 0.2) is 0 Å². The van der Waals surface area contributed by atoms with Crippen molar-refractivity contribution in [3.63, 3.8) is 0 Å². The van der Waals surface area contributed by atoms with Crippen molar-refractivity contribution in [2.24, 2.45) is 11.1 Å². The predicted octanol–water partition coefficient (Wildman–Crippen LogP) is 0.176. The van der Waals surface area contributed by atoms with Crippen LogP contribution in [0.5, 0.6) is 0 Å². The van der Waals surface area contributed by atoms with E-state index in [0.717, 1.165) is 0 Å². The number of rotatable bonds is 6. The van der Waals surface area contributed by atoms with Crippen molar-refractivity contribution in [2.45, 2.75) is 20.8 Å². The van der Waals surface area contributed by atoms with Crippen molar-refractivity contribution in [1.82, 2.24) is 10.2 Å². The van der Waals surface area contributed by atoms with Gasteiger partial charge in [-0.1, -0.05) is 13.8 Å². The molecular formula is C11H23N3O3. The molecule has 3 N–H and O–H groups in total. The first-order chi connectivity index (χ1) is 7.80. The summed E-state index contributed by atoms with van der Waals surface area (Å²) in [6, 6.07) is 0. The maximum absolute atomic E-state index is 11.4. The van der Waals surface area contributed by atoms with E-state index in [0.29, 0.717) is 13.1 Å². The molecule has 0 aromatic carbocycles. The Kier molecular flexibility index (Phi) is 6.75. The predicted molar refractivity (Wildman–Crippen MR) is 65.5 cm³/mol. The summed E-state index contributed by atoms with van der Waals surface area (Å²) in [6.07, 6.45) is -0.705. The lowest BCUT2D eigenvalue weighted by molar-refractivity contribution is -0.121. The van der Waals surface area contributed by atoms with E-state index in [2.05, 4.69) is 10.1 Å². The second-order valence-electron chi connectivity index (χ2n) is 4.81. The van der Waals surface area contributed by atoms with E-state index in [1.165, 1.54) is 0 Å². The van der Waals surface area contributed by atoms with E-state index in [9.17, 15) is 9.59 Å². The van der Waals surface area contributed by atoms with E-state index in [1.54, 1.807) is 6.92 Å². The first-order valence-electron chi connectivity index (χ1n) is 5.66. The molecule has 17 heavy (non-hydrogen) atoms. The Balaban J connectivity index is 4.00. The molecule has 6 nitrogen and oxygen atoms in total. The number of hydrogen-bond donors (Lipinski definition) is 2. The molecule has 0 bridgehead atoms. The molecule has 0 aromatic rings. The van der Waals surface area contributed by atoms with E-state index in [1.807, 2.05) is 25.8 Å². The summed E-state index contributed by atoms with van der Waals surface area (Å²) >= 11 is 0. The Hall–Kier alpha value is -1.14. The molecule has 6 heteroatoms. The van der Waals surface area contributed by atoms with Crippen molar-refractivity contribution >= 4 is 12.0 Å². The molecule has 0 aliphatic rings. The number of amides is 2. The summed E-state index contributed by atoms with van der Waals surface area (Å²) in [4.78, 5) is 24.2. The topological polar surface area (TPSA) is 84.7 Å². The van der Waals surface area contributed by atoms with Gasteiger partial charge in [0, 0.05) is 6.54 Å². The highest BCUT2D eigenvalue weighted by molar-refractivity contribution is 5.92. The van der Waals surface area contributed by atoms with Crippen LogP contribution in [-0.2, 0) is 9.53 Å². The number of hydrogen-bond acceptors (Lipinski definition) is 5. The second-order valence-corrected chi connectivity index (χ2v) is 4.81. The van der Waals surface area contributed by atoms with Crippen LogP contribution in [0.1, 0.15) is 20.8 Å². The molecule has 0 rings (SSSR count). The van der Waals surface area contributed by atoms with Crippen molar-refractivity contribution < 1.29 is 14.3 Å². The average Bonchev–Trinajstić information content (AvgIpc) is 2.16. The number of imide groups is 1. The molecule has 0 saturated heterocycles. The third kappa shape index (κ3) is 7.70. The number of likely N-dealkylation sites (N-methyl/N-ethyl adjacent to an activating group) is 1. The van der Waals surface area contributed by atoms with E-state index in [4.69, 9.17) is 5.73 Å². The molecule has 0 saturated carbocycles. The summed E-state index contributed by atoms with van der Waals surface area (Å²) in [5.41, 5.74) is 5.55. The highest BCUT2D eigenvalue weighted by atomic mass is 16.5. The number of nitrogens with two attached hydrogens (primary N) is 1. The lowest BCUT2D eigenvalue weighted by Gasteiger charge is -2.28. The average molecular weight is 245 g/mol.